The average molecular weight is 249 g/mol. The topological polar surface area (TPSA) is 55.4 Å². The van der Waals surface area contributed by atoms with Gasteiger partial charge in [-0.05, 0) is 27.7 Å². The number of carbonyl (C=O) groups excluding carboxylic acids is 1. The Morgan fingerprint density at radius 2 is 2.00 bits per heavy atom. The third-order valence-electron chi connectivity index (χ3n) is 1.92. The third-order valence-corrected chi connectivity index (χ3v) is 3.22. The Bertz CT molecular complexity index is 248. The van der Waals surface area contributed by atoms with Crippen molar-refractivity contribution in [1.82, 2.24) is 5.32 Å². The molecule has 2 unspecified atom stereocenters. The molecule has 0 rings (SSSR count). The van der Waals surface area contributed by atoms with Crippen molar-refractivity contribution in [2.45, 2.75) is 45.0 Å². The lowest BCUT2D eigenvalue weighted by atomic mass is 10.2. The van der Waals surface area contributed by atoms with E-state index in [-0.39, 0.29) is 11.2 Å². The average Bonchev–Trinajstić information content (AvgIpc) is 2.08. The van der Waals surface area contributed by atoms with Gasteiger partial charge in [0.05, 0.1) is 6.42 Å². The summed E-state index contributed by atoms with van der Waals surface area (Å²) in [4.78, 5) is 11.3. The summed E-state index contributed by atoms with van der Waals surface area (Å²) in [5.74, 6) is -0.203. The minimum absolute atomic E-state index is 0.110. The number of hydrogen-bond donors (Lipinski definition) is 1. The molecular weight excluding hydrogens is 226 g/mol. The molecule has 96 valence electrons. The van der Waals surface area contributed by atoms with Gasteiger partial charge in [-0.1, -0.05) is 0 Å². The van der Waals surface area contributed by atoms with E-state index < -0.39 is 16.4 Å². The summed E-state index contributed by atoms with van der Waals surface area (Å²) in [6.45, 7) is 8.68. The van der Waals surface area contributed by atoms with Crippen LogP contribution < -0.4 is 5.32 Å². The van der Waals surface area contributed by atoms with Crippen molar-refractivity contribution in [3.05, 3.63) is 0 Å². The van der Waals surface area contributed by atoms with Gasteiger partial charge in [-0.25, -0.2) is 0 Å². The summed E-state index contributed by atoms with van der Waals surface area (Å²) in [6, 6.07) is 0. The Balaban J connectivity index is 3.60. The van der Waals surface area contributed by atoms with Crippen LogP contribution in [0.15, 0.2) is 0 Å². The zero-order chi connectivity index (χ0) is 12.8. The monoisotopic (exact) mass is 249 g/mol. The summed E-state index contributed by atoms with van der Waals surface area (Å²) in [7, 11) is -0.819. The van der Waals surface area contributed by atoms with E-state index in [9.17, 15) is 9.00 Å². The highest BCUT2D eigenvalue weighted by atomic mass is 32.2. The van der Waals surface area contributed by atoms with Crippen LogP contribution in [0.4, 0.5) is 0 Å². The van der Waals surface area contributed by atoms with Gasteiger partial charge in [-0.3, -0.25) is 9.00 Å². The van der Waals surface area contributed by atoms with E-state index in [2.05, 4.69) is 5.32 Å². The van der Waals surface area contributed by atoms with Crippen LogP contribution in [0.1, 0.15) is 34.1 Å². The van der Waals surface area contributed by atoms with Crippen LogP contribution in [-0.2, 0) is 20.3 Å². The zero-order valence-corrected chi connectivity index (χ0v) is 11.6. The lowest BCUT2D eigenvalue weighted by molar-refractivity contribution is -0.154. The van der Waals surface area contributed by atoms with Crippen LogP contribution in [0.25, 0.3) is 0 Å². The second-order valence-corrected chi connectivity index (χ2v) is 6.65. The maximum atomic E-state index is 11.3. The van der Waals surface area contributed by atoms with E-state index in [1.54, 1.807) is 6.26 Å². The van der Waals surface area contributed by atoms with Crippen molar-refractivity contribution in [2.75, 3.05) is 19.3 Å². The van der Waals surface area contributed by atoms with Crippen molar-refractivity contribution in [2.24, 2.45) is 0 Å². The van der Waals surface area contributed by atoms with Gasteiger partial charge in [0.1, 0.15) is 5.60 Å². The lowest BCUT2D eigenvalue weighted by Crippen LogP contribution is -2.31. The van der Waals surface area contributed by atoms with Crippen molar-refractivity contribution in [3.8, 4) is 0 Å². The standard InChI is InChI=1S/C11H23NO3S/c1-9(16(5)14)8-12-7-6-10(13)15-11(2,3)4/h9,12H,6-8H2,1-5H3. The van der Waals surface area contributed by atoms with Crippen LogP contribution in [0.5, 0.6) is 0 Å². The van der Waals surface area contributed by atoms with Crippen molar-refractivity contribution < 1.29 is 13.7 Å². The van der Waals surface area contributed by atoms with E-state index in [4.69, 9.17) is 4.74 Å². The maximum absolute atomic E-state index is 11.3. The molecule has 0 aromatic heterocycles. The predicted octanol–water partition coefficient (Wildman–Crippen LogP) is 1.07. The van der Waals surface area contributed by atoms with Crippen LogP contribution in [-0.4, -0.2) is 40.4 Å². The number of carbonyl (C=O) groups is 1. The van der Waals surface area contributed by atoms with Crippen LogP contribution in [0.2, 0.25) is 0 Å². The fourth-order valence-electron chi connectivity index (χ4n) is 1.01. The molecule has 16 heavy (non-hydrogen) atoms. The highest BCUT2D eigenvalue weighted by Crippen LogP contribution is 2.07. The van der Waals surface area contributed by atoms with Crippen LogP contribution in [0, 0.1) is 0 Å². The fraction of sp³-hybridized carbons (Fsp3) is 0.909. The molecule has 0 aromatic carbocycles. The molecule has 0 radical (unpaired) electrons. The third kappa shape index (κ3) is 8.85. The fourth-order valence-corrected chi connectivity index (χ4v) is 1.36. The first kappa shape index (κ1) is 15.6. The number of rotatable bonds is 6. The molecule has 0 aromatic rings. The van der Waals surface area contributed by atoms with Gasteiger partial charge >= 0.3 is 5.97 Å². The number of hydrogen-bond acceptors (Lipinski definition) is 4. The number of ether oxygens (including phenoxy) is 1. The SMILES string of the molecule is CC(CNCCC(=O)OC(C)(C)C)S(C)=O. The quantitative estimate of drug-likeness (QED) is 0.565. The second kappa shape index (κ2) is 7.01. The molecule has 0 aliphatic rings. The smallest absolute Gasteiger partial charge is 0.307 e. The Morgan fingerprint density at radius 3 is 2.44 bits per heavy atom. The molecule has 0 bridgehead atoms. The maximum Gasteiger partial charge on any atom is 0.307 e. The van der Waals surface area contributed by atoms with Crippen LogP contribution >= 0.6 is 0 Å². The van der Waals surface area contributed by atoms with Gasteiger partial charge in [0.25, 0.3) is 0 Å². The Labute approximate surface area is 101 Å². The summed E-state index contributed by atoms with van der Waals surface area (Å²) >= 11 is 0. The van der Waals surface area contributed by atoms with Crippen molar-refractivity contribution in [1.29, 1.82) is 0 Å². The number of esters is 1. The van der Waals surface area contributed by atoms with Gasteiger partial charge in [-0.2, -0.15) is 0 Å². The van der Waals surface area contributed by atoms with Crippen molar-refractivity contribution in [3.63, 3.8) is 0 Å². The summed E-state index contributed by atoms with van der Waals surface area (Å²) in [5, 5.41) is 3.20. The molecule has 5 heteroatoms. The van der Waals surface area contributed by atoms with E-state index in [0.29, 0.717) is 19.5 Å². The largest absolute Gasteiger partial charge is 0.460 e. The van der Waals surface area contributed by atoms with Crippen LogP contribution in [0.3, 0.4) is 0 Å². The first-order valence-electron chi connectivity index (χ1n) is 5.47. The second-order valence-electron chi connectivity index (χ2n) is 4.85. The molecule has 0 aliphatic carbocycles. The normalized spacial score (nSPS) is 15.6. The van der Waals surface area contributed by atoms with E-state index in [1.807, 2.05) is 27.7 Å². The molecule has 4 nitrogen and oxygen atoms in total. The molecular formula is C11H23NO3S. The van der Waals surface area contributed by atoms with Gasteiger partial charge in [-0.15, -0.1) is 0 Å². The first-order chi connectivity index (χ1) is 7.22. The molecule has 0 saturated carbocycles. The van der Waals surface area contributed by atoms with Gasteiger partial charge in [0.15, 0.2) is 0 Å². The summed E-state index contributed by atoms with van der Waals surface area (Å²) < 4.78 is 16.2. The summed E-state index contributed by atoms with van der Waals surface area (Å²) in [5.41, 5.74) is -0.421. The highest BCUT2D eigenvalue weighted by molar-refractivity contribution is 7.84. The highest BCUT2D eigenvalue weighted by Gasteiger charge is 2.15. The molecule has 1 N–H and O–H groups in total. The van der Waals surface area contributed by atoms with Gasteiger partial charge in [0, 0.05) is 35.4 Å². The minimum atomic E-state index is -0.819. The van der Waals surface area contributed by atoms with E-state index in [0.717, 1.165) is 0 Å². The first-order valence-corrected chi connectivity index (χ1v) is 7.09. The predicted molar refractivity (Wildman–Crippen MR) is 66.9 cm³/mol. The molecule has 0 aliphatic heterocycles. The molecule has 0 saturated heterocycles. The molecule has 0 amide bonds. The molecule has 0 heterocycles. The lowest BCUT2D eigenvalue weighted by Gasteiger charge is -2.19. The minimum Gasteiger partial charge on any atom is -0.460 e. The van der Waals surface area contributed by atoms with Crippen molar-refractivity contribution >= 4 is 16.8 Å². The summed E-state index contributed by atoms with van der Waals surface area (Å²) in [6.07, 6.45) is 2.03. The zero-order valence-electron chi connectivity index (χ0n) is 10.8. The van der Waals surface area contributed by atoms with Gasteiger partial charge in [0.2, 0.25) is 0 Å². The van der Waals surface area contributed by atoms with E-state index >= 15 is 0 Å². The Kier molecular flexibility index (Phi) is 6.83. The Hall–Kier alpha value is -0.420. The molecule has 0 fully saturated rings. The Morgan fingerprint density at radius 1 is 1.44 bits per heavy atom. The van der Waals surface area contributed by atoms with Gasteiger partial charge < -0.3 is 10.1 Å². The number of nitrogens with one attached hydrogen (secondary N) is 1. The van der Waals surface area contributed by atoms with E-state index in [1.165, 1.54) is 0 Å². The molecule has 0 spiro atoms. The molecule has 2 atom stereocenters.